The summed E-state index contributed by atoms with van der Waals surface area (Å²) < 4.78 is 24.6. The molecular weight excluding hydrogens is 543 g/mol. The number of hydrogen-bond acceptors (Lipinski definition) is 8. The third-order valence-electron chi connectivity index (χ3n) is 6.79. The topological polar surface area (TPSA) is 154 Å². The molecule has 0 saturated carbocycles. The SMILES string of the molecule is CCCCCCCCC=CCCCCCCCC(=O)NCCOP(=O)(O)CO[C@H](C)Cn1cnc2c(N)ncnc21. The van der Waals surface area contributed by atoms with Gasteiger partial charge in [-0.25, -0.2) is 15.0 Å². The Kier molecular flexibility index (Phi) is 17.5. The monoisotopic (exact) mass is 594 g/mol. The van der Waals surface area contributed by atoms with Crippen LogP contribution in [0.3, 0.4) is 0 Å². The molecular formula is C29H51N6O5P. The van der Waals surface area contributed by atoms with Crippen LogP contribution in [0.5, 0.6) is 0 Å². The molecule has 2 atom stereocenters. The smallest absolute Gasteiger partial charge is 0.353 e. The number of nitrogens with two attached hydrogens (primary N) is 1. The Bertz CT molecular complexity index is 1080. The van der Waals surface area contributed by atoms with Crippen molar-refractivity contribution in [1.29, 1.82) is 0 Å². The number of hydrogen-bond donors (Lipinski definition) is 3. The molecule has 2 heterocycles. The van der Waals surface area contributed by atoms with Crippen LogP contribution in [-0.4, -0.2) is 55.9 Å². The average molecular weight is 595 g/mol. The number of anilines is 1. The maximum absolute atomic E-state index is 12.3. The van der Waals surface area contributed by atoms with Crippen molar-refractivity contribution in [3.05, 3.63) is 24.8 Å². The van der Waals surface area contributed by atoms with Crippen molar-refractivity contribution < 1.29 is 23.5 Å². The summed E-state index contributed by atoms with van der Waals surface area (Å²) in [6.45, 7) is 4.49. The summed E-state index contributed by atoms with van der Waals surface area (Å²) in [5.41, 5.74) is 6.86. The number of imidazole rings is 1. The number of fused-ring (bicyclic) bond motifs is 1. The minimum atomic E-state index is -3.95. The van der Waals surface area contributed by atoms with E-state index in [0.717, 1.165) is 25.7 Å². The molecule has 0 bridgehead atoms. The zero-order chi connectivity index (χ0) is 29.8. The lowest BCUT2D eigenvalue weighted by atomic mass is 10.1. The second-order valence-corrected chi connectivity index (χ2v) is 12.4. The summed E-state index contributed by atoms with van der Waals surface area (Å²) in [5.74, 6) is 0.219. The number of aromatic nitrogens is 4. The van der Waals surface area contributed by atoms with E-state index in [0.29, 0.717) is 24.1 Å². The Labute approximate surface area is 245 Å². The second kappa shape index (κ2) is 20.5. The van der Waals surface area contributed by atoms with Gasteiger partial charge in [-0.3, -0.25) is 9.36 Å². The van der Waals surface area contributed by atoms with Crippen LogP contribution in [-0.2, 0) is 25.2 Å². The van der Waals surface area contributed by atoms with Crippen LogP contribution in [0, 0.1) is 0 Å². The van der Waals surface area contributed by atoms with E-state index in [2.05, 4.69) is 39.3 Å². The molecule has 2 rings (SSSR count). The fraction of sp³-hybridized carbons (Fsp3) is 0.724. The Morgan fingerprint density at radius 3 is 2.41 bits per heavy atom. The molecule has 0 fully saturated rings. The maximum atomic E-state index is 12.3. The molecule has 232 valence electrons. The normalized spacial score (nSPS) is 14.0. The summed E-state index contributed by atoms with van der Waals surface area (Å²) in [4.78, 5) is 34.3. The Morgan fingerprint density at radius 1 is 1.05 bits per heavy atom. The van der Waals surface area contributed by atoms with Crippen molar-refractivity contribution in [2.24, 2.45) is 0 Å². The van der Waals surface area contributed by atoms with Crippen molar-refractivity contribution >= 4 is 30.5 Å². The van der Waals surface area contributed by atoms with Crippen LogP contribution in [0.25, 0.3) is 11.2 Å². The summed E-state index contributed by atoms with van der Waals surface area (Å²) in [6.07, 6.45) is 23.0. The molecule has 0 aliphatic heterocycles. The van der Waals surface area contributed by atoms with Crippen LogP contribution in [0.1, 0.15) is 104 Å². The van der Waals surface area contributed by atoms with E-state index in [1.807, 2.05) is 0 Å². The van der Waals surface area contributed by atoms with Gasteiger partial charge in [0.05, 0.1) is 25.6 Å². The predicted octanol–water partition coefficient (Wildman–Crippen LogP) is 6.13. The molecule has 0 aliphatic rings. The van der Waals surface area contributed by atoms with Gasteiger partial charge in [-0.05, 0) is 39.0 Å². The van der Waals surface area contributed by atoms with E-state index in [1.165, 1.54) is 64.1 Å². The van der Waals surface area contributed by atoms with Crippen LogP contribution < -0.4 is 11.1 Å². The Hall–Kier alpha value is -2.33. The fourth-order valence-electron chi connectivity index (χ4n) is 4.44. The summed E-state index contributed by atoms with van der Waals surface area (Å²) in [5, 5.41) is 2.74. The number of carbonyl (C=O) groups is 1. The van der Waals surface area contributed by atoms with Crippen molar-refractivity contribution in [2.45, 2.75) is 116 Å². The fourth-order valence-corrected chi connectivity index (χ4v) is 5.34. The molecule has 4 N–H and O–H groups in total. The van der Waals surface area contributed by atoms with E-state index in [4.69, 9.17) is 15.0 Å². The number of ether oxygens (including phenoxy) is 1. The van der Waals surface area contributed by atoms with Crippen molar-refractivity contribution in [1.82, 2.24) is 24.8 Å². The van der Waals surface area contributed by atoms with Crippen LogP contribution in [0.4, 0.5) is 5.82 Å². The minimum absolute atomic E-state index is 0.0635. The lowest BCUT2D eigenvalue weighted by molar-refractivity contribution is -0.121. The lowest BCUT2D eigenvalue weighted by Gasteiger charge is -2.17. The average Bonchev–Trinajstić information content (AvgIpc) is 3.36. The van der Waals surface area contributed by atoms with Gasteiger partial charge in [-0.1, -0.05) is 70.4 Å². The van der Waals surface area contributed by atoms with E-state index in [9.17, 15) is 14.3 Å². The molecule has 0 radical (unpaired) electrons. The summed E-state index contributed by atoms with van der Waals surface area (Å²) >= 11 is 0. The van der Waals surface area contributed by atoms with Gasteiger partial charge < -0.3 is 29.8 Å². The van der Waals surface area contributed by atoms with Gasteiger partial charge in [-0.15, -0.1) is 0 Å². The first-order valence-electron chi connectivity index (χ1n) is 15.2. The summed E-state index contributed by atoms with van der Waals surface area (Å²) in [6, 6.07) is 0. The van der Waals surface area contributed by atoms with Crippen LogP contribution >= 0.6 is 7.60 Å². The van der Waals surface area contributed by atoms with Crippen molar-refractivity contribution in [3.63, 3.8) is 0 Å². The first-order valence-corrected chi connectivity index (χ1v) is 17.0. The predicted molar refractivity (Wildman–Crippen MR) is 163 cm³/mol. The van der Waals surface area contributed by atoms with E-state index >= 15 is 0 Å². The molecule has 41 heavy (non-hydrogen) atoms. The number of rotatable bonds is 24. The minimum Gasteiger partial charge on any atom is -0.382 e. The van der Waals surface area contributed by atoms with Gasteiger partial charge in [0.2, 0.25) is 5.91 Å². The van der Waals surface area contributed by atoms with E-state index < -0.39 is 20.0 Å². The highest BCUT2D eigenvalue weighted by atomic mass is 31.2. The molecule has 0 aromatic carbocycles. The maximum Gasteiger partial charge on any atom is 0.353 e. The second-order valence-electron chi connectivity index (χ2n) is 10.6. The number of carbonyl (C=O) groups excluding carboxylic acids is 1. The Balaban J connectivity index is 1.43. The van der Waals surface area contributed by atoms with Gasteiger partial charge >= 0.3 is 7.60 Å². The largest absolute Gasteiger partial charge is 0.382 e. The number of nitrogens with one attached hydrogen (secondary N) is 1. The van der Waals surface area contributed by atoms with Crippen LogP contribution in [0.2, 0.25) is 0 Å². The van der Waals surface area contributed by atoms with Crippen molar-refractivity contribution in [2.75, 3.05) is 25.2 Å². The zero-order valence-electron chi connectivity index (χ0n) is 25.0. The molecule has 0 saturated heterocycles. The number of amides is 1. The lowest BCUT2D eigenvalue weighted by Crippen LogP contribution is -2.27. The van der Waals surface area contributed by atoms with Gasteiger partial charge in [0.25, 0.3) is 0 Å². The first kappa shape index (κ1) is 34.9. The Morgan fingerprint density at radius 2 is 1.71 bits per heavy atom. The molecule has 2 aromatic heterocycles. The highest BCUT2D eigenvalue weighted by molar-refractivity contribution is 7.52. The molecule has 0 spiro atoms. The number of unbranched alkanes of at least 4 members (excludes halogenated alkanes) is 11. The van der Waals surface area contributed by atoms with Crippen LogP contribution in [0.15, 0.2) is 24.8 Å². The molecule has 12 heteroatoms. The number of allylic oxidation sites excluding steroid dienone is 2. The molecule has 1 amide bonds. The van der Waals surface area contributed by atoms with Gasteiger partial charge in [-0.2, -0.15) is 0 Å². The molecule has 11 nitrogen and oxygen atoms in total. The molecule has 2 aromatic rings. The van der Waals surface area contributed by atoms with Crippen molar-refractivity contribution in [3.8, 4) is 0 Å². The third-order valence-corrected chi connectivity index (χ3v) is 7.85. The van der Waals surface area contributed by atoms with Gasteiger partial charge in [0, 0.05) is 13.0 Å². The summed E-state index contributed by atoms with van der Waals surface area (Å²) in [7, 11) is -3.95. The van der Waals surface area contributed by atoms with E-state index in [-0.39, 0.29) is 24.9 Å². The molecule has 1 unspecified atom stereocenters. The van der Waals surface area contributed by atoms with E-state index in [1.54, 1.807) is 17.8 Å². The number of nitrogen functional groups attached to an aromatic ring is 1. The zero-order valence-corrected chi connectivity index (χ0v) is 25.9. The number of nitrogens with zero attached hydrogens (tertiary/aromatic N) is 4. The first-order chi connectivity index (χ1) is 19.8. The third kappa shape index (κ3) is 15.5. The van der Waals surface area contributed by atoms with Gasteiger partial charge in [0.15, 0.2) is 11.5 Å². The van der Waals surface area contributed by atoms with Gasteiger partial charge in [0.1, 0.15) is 18.2 Å². The highest BCUT2D eigenvalue weighted by Gasteiger charge is 2.22. The highest BCUT2D eigenvalue weighted by Crippen LogP contribution is 2.41. The standard InChI is InChI=1S/C29H51N6O5P/c1-3-4-5-6-7-8-9-10-11-12-13-14-15-16-17-18-26(36)31-19-20-40-41(37,38)24-39-25(2)21-35-23-34-27-28(30)32-22-33-29(27)35/h10-11,22-23,25H,3-9,12-21,24H2,1-2H3,(H,31,36)(H,37,38)(H2,30,32,33)/t25-/m1/s1. The molecule has 0 aliphatic carbocycles. The quantitative estimate of drug-likeness (QED) is 0.0740.